The van der Waals surface area contributed by atoms with Crippen molar-refractivity contribution in [3.05, 3.63) is 23.4 Å². The summed E-state index contributed by atoms with van der Waals surface area (Å²) < 4.78 is 0. The van der Waals surface area contributed by atoms with Crippen LogP contribution in [0.1, 0.15) is 50.2 Å². The summed E-state index contributed by atoms with van der Waals surface area (Å²) in [4.78, 5) is 18.6. The fraction of sp³-hybridized carbons (Fsp3) is 0.625. The minimum atomic E-state index is -0.117. The van der Waals surface area contributed by atoms with Gasteiger partial charge in [-0.25, -0.2) is 4.98 Å². The van der Waals surface area contributed by atoms with Crippen LogP contribution in [0.4, 0.5) is 5.82 Å². The van der Waals surface area contributed by atoms with Gasteiger partial charge in [-0.15, -0.1) is 0 Å². The lowest BCUT2D eigenvalue weighted by molar-refractivity contribution is 0.0787. The molecule has 1 aliphatic carbocycles. The van der Waals surface area contributed by atoms with Crippen molar-refractivity contribution in [3.8, 4) is 0 Å². The van der Waals surface area contributed by atoms with E-state index in [0.29, 0.717) is 17.3 Å². The highest BCUT2D eigenvalue weighted by molar-refractivity contribution is 5.94. The van der Waals surface area contributed by atoms with Crippen molar-refractivity contribution in [2.24, 2.45) is 11.8 Å². The molecule has 1 aromatic rings. The van der Waals surface area contributed by atoms with Crippen molar-refractivity contribution in [1.29, 1.82) is 0 Å². The second-order valence-corrected chi connectivity index (χ2v) is 7.07. The number of carbonyl (C=O) groups excluding carboxylic acids is 1. The van der Waals surface area contributed by atoms with E-state index < -0.39 is 0 Å². The fourth-order valence-corrected chi connectivity index (χ4v) is 2.37. The van der Waals surface area contributed by atoms with E-state index in [1.807, 2.05) is 13.1 Å². The molecule has 1 saturated carbocycles. The average molecular weight is 275 g/mol. The van der Waals surface area contributed by atoms with Crippen LogP contribution in [-0.4, -0.2) is 29.4 Å². The molecule has 110 valence electrons. The molecule has 2 atom stereocenters. The summed E-state index contributed by atoms with van der Waals surface area (Å²) in [5.74, 6) is 1.85. The molecule has 2 rings (SSSR count). The van der Waals surface area contributed by atoms with E-state index in [2.05, 4.69) is 32.7 Å². The summed E-state index contributed by atoms with van der Waals surface area (Å²) >= 11 is 0. The van der Waals surface area contributed by atoms with Gasteiger partial charge < -0.3 is 10.6 Å². The van der Waals surface area contributed by atoms with E-state index in [1.54, 1.807) is 11.0 Å². The highest BCUT2D eigenvalue weighted by Crippen LogP contribution is 2.38. The lowest BCUT2D eigenvalue weighted by atomic mass is 9.90. The van der Waals surface area contributed by atoms with Gasteiger partial charge in [-0.3, -0.25) is 4.79 Å². The molecule has 1 aliphatic rings. The molecule has 0 bridgehead atoms. The predicted octanol–water partition coefficient (Wildman–Crippen LogP) is 2.69. The molecule has 1 fully saturated rings. The lowest BCUT2D eigenvalue weighted by Gasteiger charge is -2.21. The van der Waals surface area contributed by atoms with Crippen LogP contribution in [-0.2, 0) is 5.41 Å². The van der Waals surface area contributed by atoms with Crippen LogP contribution < -0.4 is 5.73 Å². The standard InChI is InChI=1S/C16H25N3O/c1-10-6-12(10)9-19(5)15(20)11-7-13(16(2,3)4)18-14(17)8-11/h7-8,10,12H,6,9H2,1-5H3,(H2,17,18). The summed E-state index contributed by atoms with van der Waals surface area (Å²) in [7, 11) is 1.86. The van der Waals surface area contributed by atoms with E-state index in [9.17, 15) is 4.79 Å². The number of hydrogen-bond acceptors (Lipinski definition) is 3. The number of nitrogens with two attached hydrogens (primary N) is 1. The zero-order valence-corrected chi connectivity index (χ0v) is 13.1. The number of nitrogens with zero attached hydrogens (tertiary/aromatic N) is 2. The van der Waals surface area contributed by atoms with Gasteiger partial charge in [0.25, 0.3) is 5.91 Å². The van der Waals surface area contributed by atoms with Crippen molar-refractivity contribution >= 4 is 11.7 Å². The third-order valence-corrected chi connectivity index (χ3v) is 3.99. The zero-order valence-electron chi connectivity index (χ0n) is 13.1. The van der Waals surface area contributed by atoms with E-state index >= 15 is 0 Å². The largest absolute Gasteiger partial charge is 0.384 e. The normalized spacial score (nSPS) is 21.6. The van der Waals surface area contributed by atoms with Crippen molar-refractivity contribution in [2.75, 3.05) is 19.3 Å². The molecule has 0 radical (unpaired) electrons. The van der Waals surface area contributed by atoms with Gasteiger partial charge >= 0.3 is 0 Å². The smallest absolute Gasteiger partial charge is 0.253 e. The zero-order chi connectivity index (χ0) is 15.1. The van der Waals surface area contributed by atoms with Crippen molar-refractivity contribution in [1.82, 2.24) is 9.88 Å². The highest BCUT2D eigenvalue weighted by atomic mass is 16.2. The molecule has 0 aromatic carbocycles. The fourth-order valence-electron chi connectivity index (χ4n) is 2.37. The van der Waals surface area contributed by atoms with Crippen molar-refractivity contribution < 1.29 is 4.79 Å². The Kier molecular flexibility index (Phi) is 3.76. The van der Waals surface area contributed by atoms with Gasteiger partial charge in [0.2, 0.25) is 0 Å². The molecule has 0 aliphatic heterocycles. The second-order valence-electron chi connectivity index (χ2n) is 7.07. The Labute approximate surface area is 121 Å². The minimum Gasteiger partial charge on any atom is -0.384 e. The number of hydrogen-bond donors (Lipinski definition) is 1. The summed E-state index contributed by atoms with van der Waals surface area (Å²) in [6.07, 6.45) is 1.23. The molecule has 4 nitrogen and oxygen atoms in total. The van der Waals surface area contributed by atoms with E-state index in [4.69, 9.17) is 5.73 Å². The van der Waals surface area contributed by atoms with E-state index in [-0.39, 0.29) is 11.3 Å². The Morgan fingerprint density at radius 3 is 2.55 bits per heavy atom. The van der Waals surface area contributed by atoms with Gasteiger partial charge in [-0.2, -0.15) is 0 Å². The molecule has 2 N–H and O–H groups in total. The molecular weight excluding hydrogens is 250 g/mol. The molecule has 0 saturated heterocycles. The van der Waals surface area contributed by atoms with Gasteiger partial charge in [0.15, 0.2) is 0 Å². The van der Waals surface area contributed by atoms with E-state index in [1.165, 1.54) is 6.42 Å². The van der Waals surface area contributed by atoms with Gasteiger partial charge in [-0.1, -0.05) is 27.7 Å². The Bertz CT molecular complexity index is 519. The maximum Gasteiger partial charge on any atom is 0.253 e. The first kappa shape index (κ1) is 14.8. The van der Waals surface area contributed by atoms with Crippen LogP contribution in [0.3, 0.4) is 0 Å². The number of anilines is 1. The maximum atomic E-state index is 12.5. The van der Waals surface area contributed by atoms with Gasteiger partial charge in [0, 0.05) is 30.3 Å². The number of carbonyl (C=O) groups is 1. The molecule has 0 spiro atoms. The Balaban J connectivity index is 2.18. The van der Waals surface area contributed by atoms with Gasteiger partial charge in [-0.05, 0) is 30.4 Å². The average Bonchev–Trinajstić information content (AvgIpc) is 3.01. The first-order valence-electron chi connectivity index (χ1n) is 7.22. The number of amides is 1. The molecule has 1 amide bonds. The lowest BCUT2D eigenvalue weighted by Crippen LogP contribution is -2.29. The number of pyridine rings is 1. The summed E-state index contributed by atoms with van der Waals surface area (Å²) in [5, 5.41) is 0. The van der Waals surface area contributed by atoms with Crippen LogP contribution in [0.2, 0.25) is 0 Å². The predicted molar refractivity (Wildman–Crippen MR) is 81.6 cm³/mol. The van der Waals surface area contributed by atoms with Crippen LogP contribution in [0.15, 0.2) is 12.1 Å². The van der Waals surface area contributed by atoms with Crippen LogP contribution >= 0.6 is 0 Å². The monoisotopic (exact) mass is 275 g/mol. The number of nitrogen functional groups attached to an aromatic ring is 1. The first-order chi connectivity index (χ1) is 9.18. The first-order valence-corrected chi connectivity index (χ1v) is 7.22. The third-order valence-electron chi connectivity index (χ3n) is 3.99. The Morgan fingerprint density at radius 1 is 1.45 bits per heavy atom. The quantitative estimate of drug-likeness (QED) is 0.922. The Hall–Kier alpha value is -1.58. The summed E-state index contributed by atoms with van der Waals surface area (Å²) in [6, 6.07) is 3.54. The molecule has 20 heavy (non-hydrogen) atoms. The molecule has 1 heterocycles. The summed E-state index contributed by atoms with van der Waals surface area (Å²) in [5.41, 5.74) is 7.22. The Morgan fingerprint density at radius 2 is 2.05 bits per heavy atom. The van der Waals surface area contributed by atoms with Gasteiger partial charge in [0.1, 0.15) is 5.82 Å². The molecule has 1 aromatic heterocycles. The topological polar surface area (TPSA) is 59.2 Å². The maximum absolute atomic E-state index is 12.5. The van der Waals surface area contributed by atoms with Crippen molar-refractivity contribution in [3.63, 3.8) is 0 Å². The molecular formula is C16H25N3O. The van der Waals surface area contributed by atoms with E-state index in [0.717, 1.165) is 18.2 Å². The third kappa shape index (κ3) is 3.30. The number of aromatic nitrogens is 1. The highest BCUT2D eigenvalue weighted by Gasteiger charge is 2.34. The van der Waals surface area contributed by atoms with Crippen LogP contribution in [0.5, 0.6) is 0 Å². The SMILES string of the molecule is CC1CC1CN(C)C(=O)c1cc(N)nc(C(C)(C)C)c1. The van der Waals surface area contributed by atoms with Crippen LogP contribution in [0.25, 0.3) is 0 Å². The van der Waals surface area contributed by atoms with Crippen molar-refractivity contribution in [2.45, 2.75) is 39.5 Å². The van der Waals surface area contributed by atoms with Gasteiger partial charge in [0.05, 0.1) is 0 Å². The second kappa shape index (κ2) is 5.08. The molecule has 2 unspecified atom stereocenters. The number of rotatable bonds is 3. The molecule has 4 heteroatoms. The van der Waals surface area contributed by atoms with Crippen LogP contribution in [0, 0.1) is 11.8 Å². The minimum absolute atomic E-state index is 0.0312. The summed E-state index contributed by atoms with van der Waals surface area (Å²) in [6.45, 7) is 9.26.